The SMILES string of the molecule is COC(CNC(=O)c1ccc2ccc(F)cc2n1)OC. The van der Waals surface area contributed by atoms with E-state index in [-0.39, 0.29) is 24.0 Å². The summed E-state index contributed by atoms with van der Waals surface area (Å²) in [7, 11) is 2.97. The maximum Gasteiger partial charge on any atom is 0.270 e. The van der Waals surface area contributed by atoms with Crippen LogP contribution in [0.25, 0.3) is 10.9 Å². The molecular formula is C14H15FN2O3. The van der Waals surface area contributed by atoms with Crippen molar-refractivity contribution in [2.75, 3.05) is 20.8 Å². The quantitative estimate of drug-likeness (QED) is 0.846. The Hall–Kier alpha value is -2.05. The van der Waals surface area contributed by atoms with Gasteiger partial charge in [0.1, 0.15) is 11.5 Å². The van der Waals surface area contributed by atoms with Crippen molar-refractivity contribution in [2.45, 2.75) is 6.29 Å². The van der Waals surface area contributed by atoms with Crippen molar-refractivity contribution in [2.24, 2.45) is 0 Å². The lowest BCUT2D eigenvalue weighted by atomic mass is 10.2. The molecule has 20 heavy (non-hydrogen) atoms. The van der Waals surface area contributed by atoms with Gasteiger partial charge in [-0.25, -0.2) is 9.37 Å². The number of ether oxygens (including phenoxy) is 2. The summed E-state index contributed by atoms with van der Waals surface area (Å²) in [4.78, 5) is 16.1. The fourth-order valence-electron chi connectivity index (χ4n) is 1.75. The number of benzene rings is 1. The third-order valence-corrected chi connectivity index (χ3v) is 2.84. The van der Waals surface area contributed by atoms with Crippen LogP contribution < -0.4 is 5.32 Å². The Morgan fingerprint density at radius 1 is 1.30 bits per heavy atom. The number of amides is 1. The van der Waals surface area contributed by atoms with Crippen molar-refractivity contribution in [3.63, 3.8) is 0 Å². The van der Waals surface area contributed by atoms with Crippen LogP contribution in [0.3, 0.4) is 0 Å². The van der Waals surface area contributed by atoms with E-state index in [0.717, 1.165) is 5.39 Å². The summed E-state index contributed by atoms with van der Waals surface area (Å²) in [5.41, 5.74) is 0.654. The van der Waals surface area contributed by atoms with E-state index in [2.05, 4.69) is 10.3 Å². The first kappa shape index (κ1) is 14.4. The Kier molecular flexibility index (Phi) is 4.60. The van der Waals surface area contributed by atoms with Gasteiger partial charge in [-0.1, -0.05) is 6.07 Å². The second-order valence-electron chi connectivity index (χ2n) is 4.14. The average molecular weight is 278 g/mol. The molecule has 0 aliphatic heterocycles. The molecule has 0 bridgehead atoms. The fourth-order valence-corrected chi connectivity index (χ4v) is 1.75. The number of fused-ring (bicyclic) bond motifs is 1. The minimum atomic E-state index is -0.517. The molecular weight excluding hydrogens is 263 g/mol. The number of nitrogens with one attached hydrogen (secondary N) is 1. The van der Waals surface area contributed by atoms with E-state index >= 15 is 0 Å². The van der Waals surface area contributed by atoms with E-state index in [0.29, 0.717) is 5.52 Å². The van der Waals surface area contributed by atoms with Crippen molar-refractivity contribution in [1.29, 1.82) is 0 Å². The molecule has 1 heterocycles. The van der Waals surface area contributed by atoms with E-state index < -0.39 is 6.29 Å². The van der Waals surface area contributed by atoms with Crippen molar-refractivity contribution in [3.05, 3.63) is 41.8 Å². The molecule has 2 rings (SSSR count). The van der Waals surface area contributed by atoms with Crippen LogP contribution in [0.4, 0.5) is 4.39 Å². The summed E-state index contributed by atoms with van der Waals surface area (Å²) in [6.07, 6.45) is -0.517. The minimum Gasteiger partial charge on any atom is -0.354 e. The predicted molar refractivity (Wildman–Crippen MR) is 71.8 cm³/mol. The second kappa shape index (κ2) is 6.40. The van der Waals surface area contributed by atoms with Gasteiger partial charge in [-0.2, -0.15) is 0 Å². The van der Waals surface area contributed by atoms with E-state index in [1.807, 2.05) is 0 Å². The summed E-state index contributed by atoms with van der Waals surface area (Å²) in [6, 6.07) is 7.57. The maximum absolute atomic E-state index is 13.1. The number of pyridine rings is 1. The van der Waals surface area contributed by atoms with Crippen LogP contribution in [-0.4, -0.2) is 37.9 Å². The number of methoxy groups -OCH3 is 2. The van der Waals surface area contributed by atoms with Gasteiger partial charge in [0.2, 0.25) is 0 Å². The third kappa shape index (κ3) is 3.28. The number of carbonyl (C=O) groups excluding carboxylic acids is 1. The highest BCUT2D eigenvalue weighted by Crippen LogP contribution is 2.14. The van der Waals surface area contributed by atoms with Crippen LogP contribution in [0.1, 0.15) is 10.5 Å². The number of hydrogen-bond donors (Lipinski definition) is 1. The minimum absolute atomic E-state index is 0.203. The molecule has 5 nitrogen and oxygen atoms in total. The van der Waals surface area contributed by atoms with Crippen molar-refractivity contribution >= 4 is 16.8 Å². The van der Waals surface area contributed by atoms with Gasteiger partial charge in [0.05, 0.1) is 12.1 Å². The van der Waals surface area contributed by atoms with Gasteiger partial charge in [0.25, 0.3) is 5.91 Å². The lowest BCUT2D eigenvalue weighted by molar-refractivity contribution is -0.0974. The molecule has 0 aliphatic carbocycles. The number of rotatable bonds is 5. The largest absolute Gasteiger partial charge is 0.354 e. The monoisotopic (exact) mass is 278 g/mol. The summed E-state index contributed by atoms with van der Waals surface area (Å²) < 4.78 is 23.1. The van der Waals surface area contributed by atoms with Crippen LogP contribution >= 0.6 is 0 Å². The number of nitrogens with zero attached hydrogens (tertiary/aromatic N) is 1. The number of aromatic nitrogens is 1. The molecule has 0 unspecified atom stereocenters. The highest BCUT2D eigenvalue weighted by molar-refractivity contribution is 5.94. The lowest BCUT2D eigenvalue weighted by Crippen LogP contribution is -2.34. The standard InChI is InChI=1S/C14H15FN2O3/c1-19-13(20-2)8-16-14(18)11-6-4-9-3-5-10(15)7-12(9)17-11/h3-7,13H,8H2,1-2H3,(H,16,18). The molecule has 0 saturated heterocycles. The molecule has 0 spiro atoms. The molecule has 106 valence electrons. The molecule has 6 heteroatoms. The van der Waals surface area contributed by atoms with Crippen LogP contribution in [0.5, 0.6) is 0 Å². The summed E-state index contributed by atoms with van der Waals surface area (Å²) in [5, 5.41) is 3.41. The van der Waals surface area contributed by atoms with Gasteiger partial charge < -0.3 is 14.8 Å². The zero-order chi connectivity index (χ0) is 14.5. The van der Waals surface area contributed by atoms with Gasteiger partial charge in [0.15, 0.2) is 6.29 Å². The molecule has 0 atom stereocenters. The van der Waals surface area contributed by atoms with Gasteiger partial charge in [0, 0.05) is 25.7 Å². The molecule has 0 fully saturated rings. The molecule has 0 aliphatic rings. The van der Waals surface area contributed by atoms with Crippen molar-refractivity contribution in [3.8, 4) is 0 Å². The van der Waals surface area contributed by atoms with Gasteiger partial charge in [-0.3, -0.25) is 4.79 Å². The fraction of sp³-hybridized carbons (Fsp3) is 0.286. The Morgan fingerprint density at radius 2 is 2.00 bits per heavy atom. The summed E-state index contributed by atoms with van der Waals surface area (Å²) in [5.74, 6) is -0.753. The number of halogens is 1. The van der Waals surface area contributed by atoms with Crippen molar-refractivity contribution in [1.82, 2.24) is 10.3 Å². The number of hydrogen-bond acceptors (Lipinski definition) is 4. The Morgan fingerprint density at radius 3 is 2.70 bits per heavy atom. The van der Waals surface area contributed by atoms with Crippen LogP contribution in [0, 0.1) is 5.82 Å². The molecule has 2 aromatic rings. The predicted octanol–water partition coefficient (Wildman–Crippen LogP) is 1.72. The van der Waals surface area contributed by atoms with E-state index in [1.54, 1.807) is 18.2 Å². The first-order valence-electron chi connectivity index (χ1n) is 6.04. The van der Waals surface area contributed by atoms with Crippen molar-refractivity contribution < 1.29 is 18.7 Å². The molecule has 0 radical (unpaired) electrons. The van der Waals surface area contributed by atoms with Gasteiger partial charge in [-0.15, -0.1) is 0 Å². The summed E-state index contributed by atoms with van der Waals surface area (Å²) >= 11 is 0. The molecule has 1 amide bonds. The van der Waals surface area contributed by atoms with Crippen LogP contribution in [0.15, 0.2) is 30.3 Å². The zero-order valence-corrected chi connectivity index (χ0v) is 11.2. The first-order chi connectivity index (χ1) is 9.63. The highest BCUT2D eigenvalue weighted by Gasteiger charge is 2.11. The zero-order valence-electron chi connectivity index (χ0n) is 11.2. The topological polar surface area (TPSA) is 60.5 Å². The molecule has 0 saturated carbocycles. The second-order valence-corrected chi connectivity index (χ2v) is 4.14. The van der Waals surface area contributed by atoms with Crippen LogP contribution in [-0.2, 0) is 9.47 Å². The van der Waals surface area contributed by atoms with E-state index in [4.69, 9.17) is 9.47 Å². The maximum atomic E-state index is 13.1. The van der Waals surface area contributed by atoms with E-state index in [1.165, 1.54) is 26.4 Å². The molecule has 1 aromatic carbocycles. The molecule has 1 aromatic heterocycles. The Bertz CT molecular complexity index is 614. The van der Waals surface area contributed by atoms with E-state index in [9.17, 15) is 9.18 Å². The van der Waals surface area contributed by atoms with Gasteiger partial charge >= 0.3 is 0 Å². The lowest BCUT2D eigenvalue weighted by Gasteiger charge is -2.13. The summed E-state index contributed by atoms with van der Waals surface area (Å²) in [6.45, 7) is 0.203. The number of carbonyl (C=O) groups is 1. The average Bonchev–Trinajstić information content (AvgIpc) is 2.47. The Balaban J connectivity index is 2.14. The molecule has 1 N–H and O–H groups in total. The van der Waals surface area contributed by atoms with Gasteiger partial charge in [-0.05, 0) is 18.2 Å². The first-order valence-corrected chi connectivity index (χ1v) is 6.04. The highest BCUT2D eigenvalue weighted by atomic mass is 19.1. The third-order valence-electron chi connectivity index (χ3n) is 2.84. The smallest absolute Gasteiger partial charge is 0.270 e. The van der Waals surface area contributed by atoms with Crippen LogP contribution in [0.2, 0.25) is 0 Å². The normalized spacial score (nSPS) is 11.0. The Labute approximate surface area is 115 Å².